The van der Waals surface area contributed by atoms with Crippen LogP contribution in [-0.2, 0) is 16.6 Å². The second-order valence-corrected chi connectivity index (χ2v) is 7.11. The SMILES string of the molecule is O=S(=O)(NCc1cnn(-c2ccccc2)c1)c1ccc(Cl)cc1. The summed E-state index contributed by atoms with van der Waals surface area (Å²) in [6.07, 6.45) is 3.43. The fraction of sp³-hybridized carbons (Fsp3) is 0.0625. The minimum Gasteiger partial charge on any atom is -0.241 e. The van der Waals surface area contributed by atoms with Crippen LogP contribution >= 0.6 is 11.6 Å². The lowest BCUT2D eigenvalue weighted by Gasteiger charge is -2.05. The summed E-state index contributed by atoms with van der Waals surface area (Å²) in [4.78, 5) is 0.178. The highest BCUT2D eigenvalue weighted by Gasteiger charge is 2.14. The molecular weight excluding hydrogens is 334 g/mol. The third-order valence-electron chi connectivity index (χ3n) is 3.25. The Morgan fingerprint density at radius 1 is 1.04 bits per heavy atom. The van der Waals surface area contributed by atoms with E-state index in [1.807, 2.05) is 30.3 Å². The number of nitrogens with one attached hydrogen (secondary N) is 1. The van der Waals surface area contributed by atoms with Gasteiger partial charge in [-0.1, -0.05) is 29.8 Å². The summed E-state index contributed by atoms with van der Waals surface area (Å²) >= 11 is 5.77. The van der Waals surface area contributed by atoms with E-state index in [1.54, 1.807) is 29.2 Å². The zero-order valence-electron chi connectivity index (χ0n) is 12.1. The summed E-state index contributed by atoms with van der Waals surface area (Å²) in [5.74, 6) is 0. The second kappa shape index (κ2) is 6.54. The lowest BCUT2D eigenvalue weighted by atomic mass is 10.3. The number of nitrogens with zero attached hydrogens (tertiary/aromatic N) is 2. The van der Waals surface area contributed by atoms with Gasteiger partial charge in [-0.25, -0.2) is 17.8 Å². The third-order valence-corrected chi connectivity index (χ3v) is 4.92. The number of rotatable bonds is 5. The number of benzene rings is 2. The van der Waals surface area contributed by atoms with Crippen molar-refractivity contribution >= 4 is 21.6 Å². The van der Waals surface area contributed by atoms with Crippen molar-refractivity contribution < 1.29 is 8.42 Å². The first kappa shape index (κ1) is 15.7. The molecule has 0 aliphatic rings. The van der Waals surface area contributed by atoms with Crippen LogP contribution in [0.1, 0.15) is 5.56 Å². The summed E-state index contributed by atoms with van der Waals surface area (Å²) in [5, 5.41) is 4.73. The Morgan fingerprint density at radius 2 is 1.74 bits per heavy atom. The van der Waals surface area contributed by atoms with Gasteiger partial charge in [0.2, 0.25) is 10.0 Å². The van der Waals surface area contributed by atoms with E-state index in [0.29, 0.717) is 5.02 Å². The van der Waals surface area contributed by atoms with E-state index in [0.717, 1.165) is 11.3 Å². The Hall–Kier alpha value is -2.15. The van der Waals surface area contributed by atoms with Crippen LogP contribution in [0.4, 0.5) is 0 Å². The van der Waals surface area contributed by atoms with Gasteiger partial charge in [0.15, 0.2) is 0 Å². The lowest BCUT2D eigenvalue weighted by Crippen LogP contribution is -2.22. The molecule has 3 aromatic rings. The van der Waals surface area contributed by atoms with Crippen molar-refractivity contribution in [2.24, 2.45) is 0 Å². The third kappa shape index (κ3) is 3.79. The van der Waals surface area contributed by atoms with Gasteiger partial charge in [0.05, 0.1) is 16.8 Å². The molecule has 0 saturated carbocycles. The molecule has 0 saturated heterocycles. The van der Waals surface area contributed by atoms with Gasteiger partial charge in [0.25, 0.3) is 0 Å². The van der Waals surface area contributed by atoms with Crippen LogP contribution in [-0.4, -0.2) is 18.2 Å². The van der Waals surface area contributed by atoms with E-state index >= 15 is 0 Å². The Morgan fingerprint density at radius 3 is 2.43 bits per heavy atom. The van der Waals surface area contributed by atoms with Gasteiger partial charge in [0, 0.05) is 23.3 Å². The molecule has 118 valence electrons. The number of aromatic nitrogens is 2. The smallest absolute Gasteiger partial charge is 0.240 e. The van der Waals surface area contributed by atoms with E-state index in [-0.39, 0.29) is 11.4 Å². The molecule has 3 rings (SSSR count). The maximum atomic E-state index is 12.2. The molecule has 23 heavy (non-hydrogen) atoms. The van der Waals surface area contributed by atoms with E-state index in [1.165, 1.54) is 12.1 Å². The minimum atomic E-state index is -3.58. The molecule has 7 heteroatoms. The fourth-order valence-corrected chi connectivity index (χ4v) is 3.19. The Kier molecular flexibility index (Phi) is 4.47. The molecule has 1 heterocycles. The molecule has 0 fully saturated rings. The van der Waals surface area contributed by atoms with Gasteiger partial charge < -0.3 is 0 Å². The van der Waals surface area contributed by atoms with Crippen molar-refractivity contribution in [1.82, 2.24) is 14.5 Å². The zero-order chi connectivity index (χ0) is 16.3. The number of hydrogen-bond donors (Lipinski definition) is 1. The largest absolute Gasteiger partial charge is 0.241 e. The minimum absolute atomic E-state index is 0.164. The van der Waals surface area contributed by atoms with Crippen molar-refractivity contribution in [1.29, 1.82) is 0 Å². The van der Waals surface area contributed by atoms with E-state index < -0.39 is 10.0 Å². The second-order valence-electron chi connectivity index (χ2n) is 4.91. The van der Waals surface area contributed by atoms with Gasteiger partial charge in [-0.3, -0.25) is 0 Å². The predicted octanol–water partition coefficient (Wildman–Crippen LogP) is 3.00. The van der Waals surface area contributed by atoms with Crippen LogP contribution in [0.15, 0.2) is 71.9 Å². The normalized spacial score (nSPS) is 11.5. The standard InChI is InChI=1S/C16H14ClN3O2S/c17-14-6-8-16(9-7-14)23(21,22)19-11-13-10-18-20(12-13)15-4-2-1-3-5-15/h1-10,12,19H,11H2. The van der Waals surface area contributed by atoms with Crippen LogP contribution in [0.3, 0.4) is 0 Å². The number of para-hydroxylation sites is 1. The fourth-order valence-electron chi connectivity index (χ4n) is 2.05. The quantitative estimate of drug-likeness (QED) is 0.771. The molecule has 0 radical (unpaired) electrons. The molecule has 2 aromatic carbocycles. The van der Waals surface area contributed by atoms with Gasteiger partial charge in [-0.15, -0.1) is 0 Å². The first-order valence-corrected chi connectivity index (χ1v) is 8.75. The highest BCUT2D eigenvalue weighted by atomic mass is 35.5. The maximum Gasteiger partial charge on any atom is 0.240 e. The van der Waals surface area contributed by atoms with Crippen molar-refractivity contribution in [2.75, 3.05) is 0 Å². The lowest BCUT2D eigenvalue weighted by molar-refractivity contribution is 0.581. The molecule has 0 aliphatic carbocycles. The topological polar surface area (TPSA) is 64.0 Å². The highest BCUT2D eigenvalue weighted by molar-refractivity contribution is 7.89. The van der Waals surface area contributed by atoms with E-state index in [9.17, 15) is 8.42 Å². The van der Waals surface area contributed by atoms with Crippen LogP contribution < -0.4 is 4.72 Å². The first-order chi connectivity index (χ1) is 11.0. The maximum absolute atomic E-state index is 12.2. The molecule has 1 N–H and O–H groups in total. The Labute approximate surface area is 139 Å². The van der Waals surface area contributed by atoms with E-state index in [4.69, 9.17) is 11.6 Å². The Bertz CT molecular complexity index is 891. The number of hydrogen-bond acceptors (Lipinski definition) is 3. The summed E-state index contributed by atoms with van der Waals surface area (Å²) in [6, 6.07) is 15.6. The van der Waals surface area contributed by atoms with Crippen LogP contribution in [0.5, 0.6) is 0 Å². The Balaban J connectivity index is 1.71. The van der Waals surface area contributed by atoms with Gasteiger partial charge in [-0.2, -0.15) is 5.10 Å². The molecular formula is C16H14ClN3O2S. The van der Waals surface area contributed by atoms with E-state index in [2.05, 4.69) is 9.82 Å². The predicted molar refractivity (Wildman–Crippen MR) is 89.0 cm³/mol. The molecule has 0 aliphatic heterocycles. The summed E-state index contributed by atoms with van der Waals surface area (Å²) in [5.41, 5.74) is 1.69. The summed E-state index contributed by atoms with van der Waals surface area (Å²) in [6.45, 7) is 0.164. The van der Waals surface area contributed by atoms with Crippen molar-refractivity contribution in [2.45, 2.75) is 11.4 Å². The van der Waals surface area contributed by atoms with Gasteiger partial charge in [-0.05, 0) is 36.4 Å². The van der Waals surface area contributed by atoms with Crippen LogP contribution in [0.25, 0.3) is 5.69 Å². The molecule has 0 atom stereocenters. The van der Waals surface area contributed by atoms with Gasteiger partial charge >= 0.3 is 0 Å². The monoisotopic (exact) mass is 347 g/mol. The molecule has 0 unspecified atom stereocenters. The zero-order valence-corrected chi connectivity index (χ0v) is 13.6. The van der Waals surface area contributed by atoms with Crippen molar-refractivity contribution in [3.05, 3.63) is 77.6 Å². The summed E-state index contributed by atoms with van der Waals surface area (Å²) in [7, 11) is -3.58. The first-order valence-electron chi connectivity index (χ1n) is 6.89. The van der Waals surface area contributed by atoms with Gasteiger partial charge in [0.1, 0.15) is 0 Å². The number of sulfonamides is 1. The number of halogens is 1. The molecule has 0 spiro atoms. The highest BCUT2D eigenvalue weighted by Crippen LogP contribution is 2.14. The molecule has 5 nitrogen and oxygen atoms in total. The van der Waals surface area contributed by atoms with Crippen molar-refractivity contribution in [3.8, 4) is 5.69 Å². The molecule has 0 amide bonds. The van der Waals surface area contributed by atoms with Crippen LogP contribution in [0, 0.1) is 0 Å². The average molecular weight is 348 g/mol. The summed E-state index contributed by atoms with van der Waals surface area (Å²) < 4.78 is 28.7. The molecule has 0 bridgehead atoms. The van der Waals surface area contributed by atoms with Crippen molar-refractivity contribution in [3.63, 3.8) is 0 Å². The molecule has 1 aromatic heterocycles. The van der Waals surface area contributed by atoms with Crippen LogP contribution in [0.2, 0.25) is 5.02 Å². The average Bonchev–Trinajstić information content (AvgIpc) is 3.03.